The number of ether oxygens (including phenoxy) is 2. The van der Waals surface area contributed by atoms with E-state index in [0.29, 0.717) is 13.0 Å². The Labute approximate surface area is 110 Å². The third kappa shape index (κ3) is 4.31. The van der Waals surface area contributed by atoms with Gasteiger partial charge in [-0.05, 0) is 25.0 Å². The first-order valence-electron chi connectivity index (χ1n) is 6.64. The molecule has 0 aliphatic rings. The SMILES string of the molecule is CCCC(OCC)C(O)Cc1ccccc1OC. The molecule has 0 heterocycles. The van der Waals surface area contributed by atoms with E-state index in [0.717, 1.165) is 24.2 Å². The van der Waals surface area contributed by atoms with Crippen molar-refractivity contribution in [3.63, 3.8) is 0 Å². The first-order chi connectivity index (χ1) is 8.72. The van der Waals surface area contributed by atoms with Gasteiger partial charge in [0.05, 0.1) is 19.3 Å². The monoisotopic (exact) mass is 252 g/mol. The quantitative estimate of drug-likeness (QED) is 0.773. The molecule has 0 aromatic heterocycles. The minimum atomic E-state index is -0.485. The van der Waals surface area contributed by atoms with E-state index in [-0.39, 0.29) is 6.10 Å². The standard InChI is InChI=1S/C15H24O3/c1-4-8-15(18-5-2)13(16)11-12-9-6-7-10-14(12)17-3/h6-7,9-10,13,15-16H,4-5,8,11H2,1-3H3. The van der Waals surface area contributed by atoms with Crippen LogP contribution in [0.15, 0.2) is 24.3 Å². The van der Waals surface area contributed by atoms with E-state index in [1.807, 2.05) is 31.2 Å². The Morgan fingerprint density at radius 1 is 1.22 bits per heavy atom. The van der Waals surface area contributed by atoms with Gasteiger partial charge in [0.1, 0.15) is 5.75 Å². The maximum atomic E-state index is 10.3. The predicted octanol–water partition coefficient (Wildman–Crippen LogP) is 2.80. The van der Waals surface area contributed by atoms with Crippen molar-refractivity contribution < 1.29 is 14.6 Å². The van der Waals surface area contributed by atoms with Crippen molar-refractivity contribution >= 4 is 0 Å². The first kappa shape index (κ1) is 15.0. The molecule has 2 unspecified atom stereocenters. The summed E-state index contributed by atoms with van der Waals surface area (Å²) in [5, 5.41) is 10.3. The molecule has 0 fully saturated rings. The van der Waals surface area contributed by atoms with Crippen molar-refractivity contribution in [2.45, 2.75) is 45.3 Å². The normalized spacial score (nSPS) is 14.2. The summed E-state index contributed by atoms with van der Waals surface area (Å²) in [4.78, 5) is 0. The molecule has 0 saturated heterocycles. The van der Waals surface area contributed by atoms with Gasteiger partial charge in [0.2, 0.25) is 0 Å². The summed E-state index contributed by atoms with van der Waals surface area (Å²) in [7, 11) is 1.65. The van der Waals surface area contributed by atoms with Crippen molar-refractivity contribution in [2.75, 3.05) is 13.7 Å². The van der Waals surface area contributed by atoms with Gasteiger partial charge in [-0.1, -0.05) is 31.5 Å². The molecule has 0 radical (unpaired) electrons. The molecule has 3 nitrogen and oxygen atoms in total. The van der Waals surface area contributed by atoms with Crippen LogP contribution in [0.4, 0.5) is 0 Å². The van der Waals surface area contributed by atoms with Crippen LogP contribution >= 0.6 is 0 Å². The molecule has 1 rings (SSSR count). The Kier molecular flexibility index (Phi) is 6.76. The smallest absolute Gasteiger partial charge is 0.122 e. The summed E-state index contributed by atoms with van der Waals surface area (Å²) in [6.45, 7) is 4.69. The summed E-state index contributed by atoms with van der Waals surface area (Å²) in [5.74, 6) is 0.822. The van der Waals surface area contributed by atoms with Gasteiger partial charge < -0.3 is 14.6 Å². The van der Waals surface area contributed by atoms with Gasteiger partial charge >= 0.3 is 0 Å². The lowest BCUT2D eigenvalue weighted by molar-refractivity contribution is -0.0365. The third-order valence-corrected chi connectivity index (χ3v) is 3.00. The predicted molar refractivity (Wildman–Crippen MR) is 73.0 cm³/mol. The lowest BCUT2D eigenvalue weighted by Crippen LogP contribution is -2.31. The van der Waals surface area contributed by atoms with E-state index in [1.54, 1.807) is 7.11 Å². The highest BCUT2D eigenvalue weighted by Gasteiger charge is 2.20. The van der Waals surface area contributed by atoms with Crippen LogP contribution in [0.2, 0.25) is 0 Å². The Balaban J connectivity index is 2.68. The number of aliphatic hydroxyl groups is 1. The van der Waals surface area contributed by atoms with Gasteiger partial charge in [0, 0.05) is 13.0 Å². The molecular weight excluding hydrogens is 228 g/mol. The topological polar surface area (TPSA) is 38.7 Å². The van der Waals surface area contributed by atoms with Crippen LogP contribution in [0.25, 0.3) is 0 Å². The summed E-state index contributed by atoms with van der Waals surface area (Å²) >= 11 is 0. The third-order valence-electron chi connectivity index (χ3n) is 3.00. The Morgan fingerprint density at radius 2 is 1.94 bits per heavy atom. The van der Waals surface area contributed by atoms with Crippen LogP contribution in [0, 0.1) is 0 Å². The Morgan fingerprint density at radius 3 is 2.56 bits per heavy atom. The minimum Gasteiger partial charge on any atom is -0.496 e. The summed E-state index contributed by atoms with van der Waals surface area (Å²) < 4.78 is 10.9. The maximum Gasteiger partial charge on any atom is 0.122 e. The van der Waals surface area contributed by atoms with Crippen molar-refractivity contribution in [1.82, 2.24) is 0 Å². The van der Waals surface area contributed by atoms with Gasteiger partial charge in [-0.25, -0.2) is 0 Å². The minimum absolute atomic E-state index is 0.0927. The van der Waals surface area contributed by atoms with E-state index < -0.39 is 6.10 Å². The number of hydrogen-bond acceptors (Lipinski definition) is 3. The largest absolute Gasteiger partial charge is 0.496 e. The molecule has 1 aromatic rings. The highest BCUT2D eigenvalue weighted by atomic mass is 16.5. The molecule has 0 bridgehead atoms. The molecular formula is C15H24O3. The van der Waals surface area contributed by atoms with Crippen LogP contribution in [0.1, 0.15) is 32.3 Å². The molecule has 0 aliphatic heterocycles. The molecule has 1 aromatic carbocycles. The molecule has 18 heavy (non-hydrogen) atoms. The van der Waals surface area contributed by atoms with Gasteiger partial charge in [-0.2, -0.15) is 0 Å². The average molecular weight is 252 g/mol. The second-order valence-electron chi connectivity index (χ2n) is 4.37. The molecule has 1 N–H and O–H groups in total. The van der Waals surface area contributed by atoms with Crippen LogP contribution in [0.5, 0.6) is 5.75 Å². The van der Waals surface area contributed by atoms with Crippen molar-refractivity contribution in [3.8, 4) is 5.75 Å². The van der Waals surface area contributed by atoms with E-state index in [2.05, 4.69) is 6.92 Å². The number of methoxy groups -OCH3 is 1. The van der Waals surface area contributed by atoms with Gasteiger partial charge in [-0.3, -0.25) is 0 Å². The van der Waals surface area contributed by atoms with Gasteiger partial charge in [0.25, 0.3) is 0 Å². The molecule has 0 aliphatic carbocycles. The second kappa shape index (κ2) is 8.11. The van der Waals surface area contributed by atoms with Crippen LogP contribution < -0.4 is 4.74 Å². The van der Waals surface area contributed by atoms with E-state index in [4.69, 9.17) is 9.47 Å². The van der Waals surface area contributed by atoms with Crippen molar-refractivity contribution in [2.24, 2.45) is 0 Å². The fraction of sp³-hybridized carbons (Fsp3) is 0.600. The summed E-state index contributed by atoms with van der Waals surface area (Å²) in [6.07, 6.45) is 1.87. The first-order valence-corrected chi connectivity index (χ1v) is 6.64. The fourth-order valence-corrected chi connectivity index (χ4v) is 2.11. The summed E-state index contributed by atoms with van der Waals surface area (Å²) in [6, 6.07) is 7.79. The number of benzene rings is 1. The number of hydrogen-bond donors (Lipinski definition) is 1. The molecule has 0 saturated carbocycles. The number of rotatable bonds is 8. The lowest BCUT2D eigenvalue weighted by atomic mass is 10.00. The number of aliphatic hydroxyl groups excluding tert-OH is 1. The van der Waals surface area contributed by atoms with Crippen molar-refractivity contribution in [3.05, 3.63) is 29.8 Å². The van der Waals surface area contributed by atoms with E-state index in [9.17, 15) is 5.11 Å². The second-order valence-corrected chi connectivity index (χ2v) is 4.37. The van der Waals surface area contributed by atoms with Gasteiger partial charge in [0.15, 0.2) is 0 Å². The molecule has 0 amide bonds. The zero-order chi connectivity index (χ0) is 13.4. The van der Waals surface area contributed by atoms with E-state index >= 15 is 0 Å². The molecule has 2 atom stereocenters. The Bertz CT molecular complexity index is 332. The highest BCUT2D eigenvalue weighted by molar-refractivity contribution is 5.33. The fourth-order valence-electron chi connectivity index (χ4n) is 2.11. The zero-order valence-corrected chi connectivity index (χ0v) is 11.6. The Hall–Kier alpha value is -1.06. The average Bonchev–Trinajstić information content (AvgIpc) is 2.39. The highest BCUT2D eigenvalue weighted by Crippen LogP contribution is 2.21. The number of para-hydroxylation sites is 1. The summed E-state index contributed by atoms with van der Waals surface area (Å²) in [5.41, 5.74) is 1.02. The zero-order valence-electron chi connectivity index (χ0n) is 11.6. The van der Waals surface area contributed by atoms with E-state index in [1.165, 1.54) is 0 Å². The van der Waals surface area contributed by atoms with Crippen LogP contribution in [-0.2, 0) is 11.2 Å². The van der Waals surface area contributed by atoms with Gasteiger partial charge in [-0.15, -0.1) is 0 Å². The van der Waals surface area contributed by atoms with Crippen LogP contribution in [0.3, 0.4) is 0 Å². The lowest BCUT2D eigenvalue weighted by Gasteiger charge is -2.23. The molecule has 102 valence electrons. The van der Waals surface area contributed by atoms with Crippen LogP contribution in [-0.4, -0.2) is 31.0 Å². The molecule has 3 heteroatoms. The molecule has 0 spiro atoms. The van der Waals surface area contributed by atoms with Crippen molar-refractivity contribution in [1.29, 1.82) is 0 Å². The maximum absolute atomic E-state index is 10.3.